The minimum Gasteiger partial charge on any atom is -0.508 e. The Morgan fingerprint density at radius 3 is 2.58 bits per heavy atom. The average molecular weight is 319 g/mol. The molecule has 7 heteroatoms. The van der Waals surface area contributed by atoms with E-state index in [2.05, 4.69) is 20.6 Å². The molecule has 7 nitrogen and oxygen atoms in total. The highest BCUT2D eigenvalue weighted by atomic mass is 16.3. The van der Waals surface area contributed by atoms with Crippen LogP contribution in [-0.2, 0) is 6.54 Å². The maximum absolute atomic E-state index is 13.0. The van der Waals surface area contributed by atoms with Gasteiger partial charge in [0.15, 0.2) is 0 Å². The number of aromatic nitrogens is 5. The maximum atomic E-state index is 13.0. The van der Waals surface area contributed by atoms with E-state index in [1.54, 1.807) is 28.8 Å². The number of hydrogen-bond acceptors (Lipinski definition) is 5. The highest BCUT2D eigenvalue weighted by molar-refractivity contribution is 5.80. The molecule has 1 aliphatic carbocycles. The molecule has 1 aromatic carbocycles. The van der Waals surface area contributed by atoms with Crippen molar-refractivity contribution in [3.05, 3.63) is 70.5 Å². The summed E-state index contributed by atoms with van der Waals surface area (Å²) >= 11 is 0. The van der Waals surface area contributed by atoms with Gasteiger partial charge in [-0.2, -0.15) is 5.21 Å². The number of phenolic OH excluding ortho intramolecular Hbond substituents is 1. The summed E-state index contributed by atoms with van der Waals surface area (Å²) in [4.78, 5) is 13.0. The molecular weight excluding hydrogens is 306 g/mol. The summed E-state index contributed by atoms with van der Waals surface area (Å²) in [6, 6.07) is 16.2. The van der Waals surface area contributed by atoms with Crippen LogP contribution in [0.2, 0.25) is 0 Å². The molecule has 2 aromatic rings. The second kappa shape index (κ2) is 5.62. The van der Waals surface area contributed by atoms with Gasteiger partial charge in [-0.25, -0.2) is 0 Å². The van der Waals surface area contributed by atoms with Crippen LogP contribution < -0.4 is 5.56 Å². The molecule has 0 unspecified atom stereocenters. The predicted octanol–water partition coefficient (Wildman–Crippen LogP) is 1.89. The fourth-order valence-corrected chi connectivity index (χ4v) is 2.77. The van der Waals surface area contributed by atoms with E-state index in [0.29, 0.717) is 12.1 Å². The number of aromatic amines is 1. The summed E-state index contributed by atoms with van der Waals surface area (Å²) in [7, 11) is 0. The normalized spacial score (nSPS) is 11.0. The van der Waals surface area contributed by atoms with Gasteiger partial charge < -0.3 is 9.67 Å². The summed E-state index contributed by atoms with van der Waals surface area (Å²) in [6.45, 7) is 0.386. The van der Waals surface area contributed by atoms with Gasteiger partial charge >= 0.3 is 0 Å². The van der Waals surface area contributed by atoms with Gasteiger partial charge in [-0.3, -0.25) is 4.79 Å². The van der Waals surface area contributed by atoms with E-state index in [9.17, 15) is 9.90 Å². The summed E-state index contributed by atoms with van der Waals surface area (Å²) in [5, 5.41) is 23.3. The predicted molar refractivity (Wildman–Crippen MR) is 87.7 cm³/mol. The van der Waals surface area contributed by atoms with Gasteiger partial charge in [-0.15, -0.1) is 10.2 Å². The van der Waals surface area contributed by atoms with Gasteiger partial charge in [0.05, 0.1) is 17.8 Å². The van der Waals surface area contributed by atoms with Gasteiger partial charge in [0, 0.05) is 5.56 Å². The van der Waals surface area contributed by atoms with E-state index >= 15 is 0 Å². The fraction of sp³-hybridized carbons (Fsp3) is 0.0588. The Hall–Kier alpha value is -3.48. The van der Waals surface area contributed by atoms with Crippen molar-refractivity contribution in [3.8, 4) is 28.4 Å². The lowest BCUT2D eigenvalue weighted by molar-refractivity contribution is 0.475. The van der Waals surface area contributed by atoms with Gasteiger partial charge in [0.1, 0.15) is 5.75 Å². The van der Waals surface area contributed by atoms with Crippen molar-refractivity contribution in [2.75, 3.05) is 0 Å². The van der Waals surface area contributed by atoms with E-state index in [-0.39, 0.29) is 17.1 Å². The number of phenols is 1. The monoisotopic (exact) mass is 319 g/mol. The van der Waals surface area contributed by atoms with Crippen molar-refractivity contribution < 1.29 is 5.11 Å². The Morgan fingerprint density at radius 1 is 1.04 bits per heavy atom. The number of nitrogens with zero attached hydrogens (tertiary/aromatic N) is 4. The molecule has 0 spiro atoms. The molecule has 2 N–H and O–H groups in total. The fourth-order valence-electron chi connectivity index (χ4n) is 2.77. The van der Waals surface area contributed by atoms with Crippen LogP contribution in [0.15, 0.2) is 59.4 Å². The third-order valence-electron chi connectivity index (χ3n) is 3.88. The lowest BCUT2D eigenvalue weighted by Gasteiger charge is -2.06. The van der Waals surface area contributed by atoms with Crippen LogP contribution in [-0.4, -0.2) is 30.3 Å². The van der Waals surface area contributed by atoms with Crippen LogP contribution in [0.1, 0.15) is 5.56 Å². The first-order valence-electron chi connectivity index (χ1n) is 7.37. The lowest BCUT2D eigenvalue weighted by atomic mass is 10.1. The van der Waals surface area contributed by atoms with Crippen molar-refractivity contribution in [2.45, 2.75) is 6.54 Å². The minimum absolute atomic E-state index is 0.175. The Morgan fingerprint density at radius 2 is 1.83 bits per heavy atom. The van der Waals surface area contributed by atoms with Gasteiger partial charge in [-0.1, -0.05) is 36.4 Å². The molecule has 1 aromatic heterocycles. The number of nitrogens with one attached hydrogen (secondary N) is 1. The van der Waals surface area contributed by atoms with Crippen molar-refractivity contribution in [1.29, 1.82) is 0 Å². The number of rotatable bonds is 3. The first-order valence-corrected chi connectivity index (χ1v) is 7.37. The zero-order chi connectivity index (χ0) is 16.5. The van der Waals surface area contributed by atoms with Crippen LogP contribution in [0.4, 0.5) is 0 Å². The summed E-state index contributed by atoms with van der Waals surface area (Å²) in [5.74, 6) is 0.470. The molecule has 0 fully saturated rings. The number of benzene rings is 1. The molecule has 0 saturated heterocycles. The first kappa shape index (κ1) is 14.1. The van der Waals surface area contributed by atoms with E-state index in [1.165, 1.54) is 0 Å². The SMILES string of the molecule is O=c1c(-c2nn[nH]n2)c2cccccc-2n1Cc1ccc(O)cc1. The van der Waals surface area contributed by atoms with Crippen LogP contribution in [0.5, 0.6) is 5.75 Å². The highest BCUT2D eigenvalue weighted by Gasteiger charge is 2.23. The number of H-pyrrole nitrogens is 1. The van der Waals surface area contributed by atoms with Crippen LogP contribution in [0.3, 0.4) is 0 Å². The zero-order valence-electron chi connectivity index (χ0n) is 12.5. The molecule has 2 heterocycles. The molecule has 0 saturated carbocycles. The molecule has 0 radical (unpaired) electrons. The second-order valence-electron chi connectivity index (χ2n) is 5.38. The molecule has 1 aliphatic heterocycles. The van der Waals surface area contributed by atoms with E-state index in [1.807, 2.05) is 30.3 Å². The number of fused-ring (bicyclic) bond motifs is 1. The van der Waals surface area contributed by atoms with Crippen molar-refractivity contribution in [2.24, 2.45) is 0 Å². The number of hydrogen-bond donors (Lipinski definition) is 2. The smallest absolute Gasteiger partial charge is 0.263 e. The Kier molecular flexibility index (Phi) is 3.31. The van der Waals surface area contributed by atoms with Crippen LogP contribution in [0, 0.1) is 0 Å². The third kappa shape index (κ3) is 2.32. The molecule has 2 aliphatic rings. The molecule has 118 valence electrons. The van der Waals surface area contributed by atoms with E-state index in [0.717, 1.165) is 16.8 Å². The Balaban J connectivity index is 1.91. The summed E-state index contributed by atoms with van der Waals surface area (Å²) in [6.07, 6.45) is 0. The molecule has 0 atom stereocenters. The second-order valence-corrected chi connectivity index (χ2v) is 5.38. The lowest BCUT2D eigenvalue weighted by Crippen LogP contribution is -2.17. The van der Waals surface area contributed by atoms with Crippen molar-refractivity contribution in [3.63, 3.8) is 0 Å². The van der Waals surface area contributed by atoms with Crippen molar-refractivity contribution >= 4 is 0 Å². The van der Waals surface area contributed by atoms with Crippen molar-refractivity contribution in [1.82, 2.24) is 25.2 Å². The maximum Gasteiger partial charge on any atom is 0.263 e. The minimum atomic E-state index is -0.175. The topological polar surface area (TPSA) is 96.7 Å². The molecular formula is C17H13N5O2. The molecule has 0 amide bonds. The number of aromatic hydroxyl groups is 1. The number of tetrazole rings is 1. The Bertz CT molecular complexity index is 1010. The Labute approximate surface area is 136 Å². The molecule has 0 bridgehead atoms. The average Bonchev–Trinajstić information content (AvgIpc) is 3.10. The molecule has 24 heavy (non-hydrogen) atoms. The van der Waals surface area contributed by atoms with E-state index in [4.69, 9.17) is 0 Å². The van der Waals surface area contributed by atoms with Crippen LogP contribution >= 0.6 is 0 Å². The highest BCUT2D eigenvalue weighted by Crippen LogP contribution is 2.29. The van der Waals surface area contributed by atoms with Gasteiger partial charge in [-0.05, 0) is 29.0 Å². The summed E-state index contributed by atoms with van der Waals surface area (Å²) in [5.41, 5.74) is 2.72. The summed E-state index contributed by atoms with van der Waals surface area (Å²) < 4.78 is 1.67. The quantitative estimate of drug-likeness (QED) is 0.601. The largest absolute Gasteiger partial charge is 0.508 e. The first-order chi connectivity index (χ1) is 11.7. The van der Waals surface area contributed by atoms with E-state index < -0.39 is 0 Å². The molecule has 4 rings (SSSR count). The van der Waals surface area contributed by atoms with Gasteiger partial charge in [0.25, 0.3) is 5.56 Å². The zero-order valence-corrected chi connectivity index (χ0v) is 12.5. The van der Waals surface area contributed by atoms with Gasteiger partial charge in [0.2, 0.25) is 5.82 Å². The third-order valence-corrected chi connectivity index (χ3v) is 3.88. The van der Waals surface area contributed by atoms with Crippen LogP contribution in [0.25, 0.3) is 22.6 Å². The standard InChI is InChI=1S/C17H13N5O2/c23-12-8-6-11(7-9-12)10-22-14-5-3-1-2-4-13(14)15(17(22)24)16-18-20-21-19-16/h1-9,23H,10H2,(H,18,19,20,21).